The molecule has 5 heterocycles. The zero-order valence-corrected chi connectivity index (χ0v) is 50.5. The van der Waals surface area contributed by atoms with Crippen LogP contribution in [-0.4, -0.2) is 163 Å². The number of likely N-dealkylation sites (tertiary alicyclic amines) is 1. The topological polar surface area (TPSA) is 287 Å². The Balaban J connectivity index is 0.812. The second kappa shape index (κ2) is 29.6. The lowest BCUT2D eigenvalue weighted by Crippen LogP contribution is -2.54. The normalized spacial score (nSPS) is 15.1. The van der Waals surface area contributed by atoms with Crippen LogP contribution < -0.4 is 41.4 Å². The number of nitrogens with two attached hydrogens (primary N) is 1. The SMILES string of the molecule is Cc1csc2c(OC(=O)N(C)CCN(C)C(=O)OCc3ccc(NC(=O)[C@H](CCCNC(N)=O)NC(=O)[C@@H](NC(=O)CCCCCN4C(=O)C=CC4=O)C(C)C)cc3)cc3c(c12)/C(=C/Cl)CN3C(=O)c1cc2cc(OCCN3CCCC3)ccc2[nH]1. The molecular weight excluding hydrogens is 1150 g/mol. The van der Waals surface area contributed by atoms with E-state index < -0.39 is 42.1 Å². The molecule has 1 saturated heterocycles. The van der Waals surface area contributed by atoms with Crippen molar-refractivity contribution >= 4 is 115 Å². The van der Waals surface area contributed by atoms with E-state index in [1.807, 2.05) is 36.6 Å². The predicted molar refractivity (Wildman–Crippen MR) is 328 cm³/mol. The molecule has 0 unspecified atom stereocenters. The Morgan fingerprint density at radius 1 is 0.860 bits per heavy atom. The van der Waals surface area contributed by atoms with Gasteiger partial charge in [-0.1, -0.05) is 44.0 Å². The maximum absolute atomic E-state index is 14.4. The fourth-order valence-electron chi connectivity index (χ4n) is 10.3. The number of carbonyl (C=O) groups excluding carboxylic acids is 9. The second-order valence-corrected chi connectivity index (χ2v) is 23.1. The third-order valence-electron chi connectivity index (χ3n) is 15.2. The molecule has 8 rings (SSSR count). The first-order chi connectivity index (χ1) is 41.3. The summed E-state index contributed by atoms with van der Waals surface area (Å²) in [7, 11) is 3.08. The van der Waals surface area contributed by atoms with Crippen molar-refractivity contribution in [3.05, 3.63) is 100 Å². The molecule has 3 aliphatic heterocycles. The van der Waals surface area contributed by atoms with Gasteiger partial charge in [0, 0.05) is 105 Å². The van der Waals surface area contributed by atoms with Gasteiger partial charge in [0.2, 0.25) is 17.7 Å². The van der Waals surface area contributed by atoms with Crippen LogP contribution in [0.1, 0.15) is 92.4 Å². The minimum absolute atomic E-state index is 0.0796. The summed E-state index contributed by atoms with van der Waals surface area (Å²) in [6, 6.07) is 12.9. The Kier molecular flexibility index (Phi) is 21.8. The third-order valence-corrected chi connectivity index (χ3v) is 16.6. The van der Waals surface area contributed by atoms with Gasteiger partial charge in [-0.2, -0.15) is 0 Å². The number of carbonyl (C=O) groups is 9. The largest absolute Gasteiger partial charge is 0.492 e. The van der Waals surface area contributed by atoms with Gasteiger partial charge < -0.3 is 60.9 Å². The summed E-state index contributed by atoms with van der Waals surface area (Å²) >= 11 is 7.85. The Bertz CT molecular complexity index is 3390. The first-order valence-electron chi connectivity index (χ1n) is 28.8. The van der Waals surface area contributed by atoms with Crippen molar-refractivity contribution in [1.29, 1.82) is 0 Å². The summed E-state index contributed by atoms with van der Waals surface area (Å²) in [6.07, 6.45) is 5.56. The van der Waals surface area contributed by atoms with Gasteiger partial charge in [-0.15, -0.1) is 11.3 Å². The minimum atomic E-state index is -1.08. The molecule has 0 saturated carbocycles. The second-order valence-electron chi connectivity index (χ2n) is 22.0. The van der Waals surface area contributed by atoms with Crippen LogP contribution >= 0.6 is 22.9 Å². The minimum Gasteiger partial charge on any atom is -0.492 e. The molecule has 25 heteroatoms. The maximum Gasteiger partial charge on any atom is 0.415 e. The van der Waals surface area contributed by atoms with Gasteiger partial charge in [0.1, 0.15) is 36.7 Å². The molecule has 0 aliphatic carbocycles. The van der Waals surface area contributed by atoms with E-state index in [0.717, 1.165) is 63.3 Å². The predicted octanol–water partition coefficient (Wildman–Crippen LogP) is 7.60. The average Bonchev–Trinajstić information content (AvgIpc) is 1.74. The smallest absolute Gasteiger partial charge is 0.415 e. The van der Waals surface area contributed by atoms with Crippen LogP contribution in [0.5, 0.6) is 11.5 Å². The lowest BCUT2D eigenvalue weighted by molar-refractivity contribution is -0.137. The van der Waals surface area contributed by atoms with Crippen LogP contribution in [-0.2, 0) is 35.3 Å². The van der Waals surface area contributed by atoms with Crippen molar-refractivity contribution in [1.82, 2.24) is 40.5 Å². The van der Waals surface area contributed by atoms with Crippen LogP contribution in [0.4, 0.5) is 25.8 Å². The molecule has 2 atom stereocenters. The van der Waals surface area contributed by atoms with E-state index in [0.29, 0.717) is 53.2 Å². The Labute approximate surface area is 507 Å². The van der Waals surface area contributed by atoms with Gasteiger partial charge in [-0.05, 0) is 123 Å². The van der Waals surface area contributed by atoms with Crippen molar-refractivity contribution < 1.29 is 57.4 Å². The van der Waals surface area contributed by atoms with E-state index in [1.54, 1.807) is 56.1 Å². The van der Waals surface area contributed by atoms with Gasteiger partial charge >= 0.3 is 18.2 Å². The fraction of sp³-hybridized carbons (Fsp3) is 0.426. The molecule has 0 bridgehead atoms. The first kappa shape index (κ1) is 63.5. The molecular formula is C61H74ClN11O12S. The Morgan fingerprint density at radius 2 is 1.58 bits per heavy atom. The molecule has 0 spiro atoms. The summed E-state index contributed by atoms with van der Waals surface area (Å²) in [5.74, 6) is -1.90. The van der Waals surface area contributed by atoms with Gasteiger partial charge in [-0.25, -0.2) is 14.4 Å². The number of aromatic nitrogens is 1. The van der Waals surface area contributed by atoms with E-state index in [9.17, 15) is 43.2 Å². The number of nitrogens with zero attached hydrogens (tertiary/aromatic N) is 5. The number of rotatable bonds is 27. The molecule has 458 valence electrons. The molecule has 23 nitrogen and oxygen atoms in total. The average molecular weight is 1220 g/mol. The number of aryl methyl sites for hydroxylation is 1. The fourth-order valence-corrected chi connectivity index (χ4v) is 11.5. The van der Waals surface area contributed by atoms with Crippen molar-refractivity contribution in [3.8, 4) is 11.5 Å². The van der Waals surface area contributed by atoms with Gasteiger partial charge in [0.15, 0.2) is 5.75 Å². The monoisotopic (exact) mass is 1220 g/mol. The van der Waals surface area contributed by atoms with Crippen molar-refractivity contribution in [3.63, 3.8) is 0 Å². The third kappa shape index (κ3) is 16.3. The number of nitrogens with one attached hydrogen (secondary N) is 5. The van der Waals surface area contributed by atoms with Gasteiger partial charge in [0.05, 0.1) is 16.9 Å². The summed E-state index contributed by atoms with van der Waals surface area (Å²) in [4.78, 5) is 128. The van der Waals surface area contributed by atoms with Crippen molar-refractivity contribution in [2.45, 2.75) is 90.8 Å². The number of ether oxygens (including phenoxy) is 3. The summed E-state index contributed by atoms with van der Waals surface area (Å²) < 4.78 is 18.4. The van der Waals surface area contributed by atoms with Crippen molar-refractivity contribution in [2.24, 2.45) is 11.7 Å². The maximum atomic E-state index is 14.4. The van der Waals surface area contributed by atoms with Gasteiger partial charge in [0.25, 0.3) is 17.7 Å². The number of likely N-dealkylation sites (N-methyl/N-ethyl adjacent to an activating group) is 2. The molecule has 86 heavy (non-hydrogen) atoms. The van der Waals surface area contributed by atoms with Crippen LogP contribution in [0.25, 0.3) is 26.6 Å². The van der Waals surface area contributed by atoms with Crippen LogP contribution in [0.2, 0.25) is 0 Å². The number of hydrogen-bond donors (Lipinski definition) is 6. The molecule has 10 amide bonds. The number of hydrogen-bond acceptors (Lipinski definition) is 14. The number of fused-ring (bicyclic) bond motifs is 4. The van der Waals surface area contributed by atoms with Gasteiger partial charge in [-0.3, -0.25) is 38.6 Å². The zero-order chi connectivity index (χ0) is 61.6. The number of H-pyrrole nitrogens is 1. The van der Waals surface area contributed by atoms with Crippen LogP contribution in [0.3, 0.4) is 0 Å². The number of halogens is 1. The lowest BCUT2D eigenvalue weighted by atomic mass is 10.0. The number of urea groups is 1. The Morgan fingerprint density at radius 3 is 2.28 bits per heavy atom. The zero-order valence-electron chi connectivity index (χ0n) is 49.0. The number of benzene rings is 3. The highest BCUT2D eigenvalue weighted by Gasteiger charge is 2.35. The van der Waals surface area contributed by atoms with E-state index in [4.69, 9.17) is 31.5 Å². The molecule has 3 aromatic carbocycles. The summed E-state index contributed by atoms with van der Waals surface area (Å²) in [6.45, 7) is 9.71. The number of imide groups is 1. The number of unbranched alkanes of at least 4 members (excludes halogenated alkanes) is 2. The lowest BCUT2D eigenvalue weighted by Gasteiger charge is -2.25. The standard InChI is InChI=1S/C61H74ClN11O12S/c1-37(2)54(68-49(74)13-7-6-8-25-72-50(75)20-21-51(72)76)57(78)67-45(12-11-22-64-59(63)80)56(77)65-42-16-14-39(15-17-42)35-84-60(81)69(4)26-27-70(5)61(82)85-48-32-47-53(52-38(3)36-86-55(48)52)41(33-62)34-73(47)58(79)46-31-40-30-43(18-19-44(40)66-46)83-29-28-71-23-9-10-24-71/h14-21,30-33,36-37,45,54,66H,6-13,22-29,34-35H2,1-5H3,(H,65,77)(H,67,78)(H,68,74)(H3,63,64,80)/b41-33+/t45-,54-/m0/s1. The summed E-state index contributed by atoms with van der Waals surface area (Å²) in [5, 5.41) is 14.4. The Hall–Kier alpha value is -8.48. The first-order valence-corrected chi connectivity index (χ1v) is 30.1. The number of aromatic amines is 1. The van der Waals surface area contributed by atoms with Crippen molar-refractivity contribution in [2.75, 3.05) is 83.3 Å². The number of primary amides is 1. The molecule has 3 aliphatic rings. The van der Waals surface area contributed by atoms with E-state index in [2.05, 4.69) is 31.2 Å². The highest BCUT2D eigenvalue weighted by atomic mass is 35.5. The number of amides is 10. The molecule has 7 N–H and O–H groups in total. The van der Waals surface area contributed by atoms with Crippen LogP contribution in [0.15, 0.2) is 77.7 Å². The number of anilines is 2. The molecule has 1 fully saturated rings. The highest BCUT2D eigenvalue weighted by Crippen LogP contribution is 2.49. The van der Waals surface area contributed by atoms with E-state index >= 15 is 0 Å². The summed E-state index contributed by atoms with van der Waals surface area (Å²) in [5.41, 5.74) is 11.8. The van der Waals surface area contributed by atoms with Crippen LogP contribution in [0, 0.1) is 12.8 Å². The van der Waals surface area contributed by atoms with E-state index in [1.165, 1.54) is 58.7 Å². The van der Waals surface area contributed by atoms with E-state index in [-0.39, 0.29) is 93.9 Å². The molecule has 5 aromatic rings. The molecule has 0 radical (unpaired) electrons. The number of thiophene rings is 1. The highest BCUT2D eigenvalue weighted by molar-refractivity contribution is 7.17. The molecule has 2 aromatic heterocycles. The quantitative estimate of drug-likeness (QED) is 0.0218.